The average molecular weight is 641 g/mol. The summed E-state index contributed by atoms with van der Waals surface area (Å²) in [6, 6.07) is 16.5. The van der Waals surface area contributed by atoms with Crippen molar-refractivity contribution in [3.63, 3.8) is 0 Å². The molecule has 6 aromatic rings. The Balaban J connectivity index is 1.40. The zero-order valence-electron chi connectivity index (χ0n) is 24.3. The van der Waals surface area contributed by atoms with Crippen LogP contribution >= 0.6 is 23.6 Å². The molecule has 0 aliphatic carbocycles. The first kappa shape index (κ1) is 28.9. The van der Waals surface area contributed by atoms with Crippen LogP contribution in [-0.2, 0) is 4.79 Å². The van der Waals surface area contributed by atoms with E-state index in [9.17, 15) is 13.6 Å². The highest BCUT2D eigenvalue weighted by Gasteiger charge is 2.35. The van der Waals surface area contributed by atoms with Crippen molar-refractivity contribution in [1.82, 2.24) is 19.7 Å². The normalized spacial score (nSPS) is 15.2. The highest BCUT2D eigenvalue weighted by molar-refractivity contribution is 7.80. The molecule has 0 saturated carbocycles. The molecule has 4 heterocycles. The van der Waals surface area contributed by atoms with E-state index in [1.165, 1.54) is 22.3 Å². The molecule has 0 spiro atoms. The molecule has 0 radical (unpaired) electrons. The lowest BCUT2D eigenvalue weighted by Crippen LogP contribution is -2.39. The quantitative estimate of drug-likeness (QED) is 0.187. The molecule has 3 aromatic carbocycles. The number of benzene rings is 3. The third kappa shape index (κ3) is 5.09. The fourth-order valence-corrected chi connectivity index (χ4v) is 6.94. The lowest BCUT2D eigenvalue weighted by molar-refractivity contribution is -0.120. The van der Waals surface area contributed by atoms with Gasteiger partial charge in [-0.2, -0.15) is 0 Å². The van der Waals surface area contributed by atoms with E-state index in [2.05, 4.69) is 5.16 Å². The van der Waals surface area contributed by atoms with E-state index in [0.717, 1.165) is 51.3 Å². The van der Waals surface area contributed by atoms with Crippen molar-refractivity contribution < 1.29 is 18.1 Å². The summed E-state index contributed by atoms with van der Waals surface area (Å²) in [6.07, 6.45) is 1.48. The molecule has 1 saturated heterocycles. The van der Waals surface area contributed by atoms with Crippen molar-refractivity contribution >= 4 is 51.2 Å². The number of nitrogens with two attached hydrogens (primary N) is 1. The highest BCUT2D eigenvalue weighted by Crippen LogP contribution is 2.40. The van der Waals surface area contributed by atoms with Crippen LogP contribution < -0.4 is 10.6 Å². The Kier molecular flexibility index (Phi) is 7.25. The number of carbonyl (C=O) groups is 1. The number of piperidine rings is 1. The number of nitrogens with zero attached hydrogens (tertiary/aromatic N) is 5. The Morgan fingerprint density at radius 1 is 1.02 bits per heavy atom. The van der Waals surface area contributed by atoms with Crippen molar-refractivity contribution in [2.24, 2.45) is 5.73 Å². The SMILES string of the molecule is Cc1noc(C)c1-c1ccc2c(c1)nc([C@@H]1CCCC(=O)N1c1ccc(F)c(F)c1)n2-c1nc(-c2ccc(C(N)=S)cc2)cs1. The molecule has 226 valence electrons. The number of aryl methyl sites for hydroxylation is 2. The maximum atomic E-state index is 14.4. The van der Waals surface area contributed by atoms with Gasteiger partial charge in [-0.1, -0.05) is 47.7 Å². The van der Waals surface area contributed by atoms with Crippen LogP contribution in [0.5, 0.6) is 0 Å². The molecule has 0 bridgehead atoms. The van der Waals surface area contributed by atoms with Crippen molar-refractivity contribution in [3.05, 3.63) is 101 Å². The van der Waals surface area contributed by atoms with Gasteiger partial charge in [0, 0.05) is 40.2 Å². The Morgan fingerprint density at radius 3 is 2.51 bits per heavy atom. The first-order chi connectivity index (χ1) is 21.7. The lowest BCUT2D eigenvalue weighted by Gasteiger charge is -2.35. The molecule has 8 nitrogen and oxygen atoms in total. The number of hydrogen-bond donors (Lipinski definition) is 1. The van der Waals surface area contributed by atoms with Crippen LogP contribution in [0, 0.1) is 25.5 Å². The van der Waals surface area contributed by atoms with Crippen molar-refractivity contribution in [1.29, 1.82) is 0 Å². The largest absolute Gasteiger partial charge is 0.389 e. The minimum absolute atomic E-state index is 0.190. The van der Waals surface area contributed by atoms with Crippen molar-refractivity contribution in [2.75, 3.05) is 4.90 Å². The number of hydrogen-bond acceptors (Lipinski definition) is 7. The number of halogens is 2. The van der Waals surface area contributed by atoms with E-state index < -0.39 is 17.7 Å². The van der Waals surface area contributed by atoms with Crippen molar-refractivity contribution in [2.45, 2.75) is 39.2 Å². The first-order valence-corrected chi connectivity index (χ1v) is 15.6. The first-order valence-electron chi connectivity index (χ1n) is 14.3. The van der Waals surface area contributed by atoms with Gasteiger partial charge in [0.25, 0.3) is 0 Å². The van der Waals surface area contributed by atoms with Crippen LogP contribution in [0.3, 0.4) is 0 Å². The summed E-state index contributed by atoms with van der Waals surface area (Å²) in [5, 5.41) is 6.71. The van der Waals surface area contributed by atoms with Gasteiger partial charge in [0.05, 0.1) is 28.5 Å². The summed E-state index contributed by atoms with van der Waals surface area (Å²) in [7, 11) is 0. The molecule has 7 rings (SSSR count). The molecule has 1 amide bonds. The summed E-state index contributed by atoms with van der Waals surface area (Å²) in [5.74, 6) is -0.919. The third-order valence-corrected chi connectivity index (χ3v) is 9.14. The summed E-state index contributed by atoms with van der Waals surface area (Å²) in [5.41, 5.74) is 12.5. The van der Waals surface area contributed by atoms with Crippen LogP contribution in [0.25, 0.3) is 38.5 Å². The zero-order valence-corrected chi connectivity index (χ0v) is 25.9. The highest BCUT2D eigenvalue weighted by atomic mass is 32.1. The number of carbonyl (C=O) groups excluding carboxylic acids is 1. The van der Waals surface area contributed by atoms with E-state index in [1.54, 1.807) is 0 Å². The predicted molar refractivity (Wildman–Crippen MR) is 173 cm³/mol. The van der Waals surface area contributed by atoms with Gasteiger partial charge < -0.3 is 15.2 Å². The molecule has 2 N–H and O–H groups in total. The number of thiocarbonyl (C=S) groups is 1. The summed E-state index contributed by atoms with van der Waals surface area (Å²) in [4.78, 5) is 25.3. The predicted octanol–water partition coefficient (Wildman–Crippen LogP) is 7.59. The second-order valence-corrected chi connectivity index (χ2v) is 12.2. The lowest BCUT2D eigenvalue weighted by atomic mass is 9.99. The summed E-state index contributed by atoms with van der Waals surface area (Å²) >= 11 is 6.53. The van der Waals surface area contributed by atoms with Gasteiger partial charge in [-0.15, -0.1) is 11.3 Å². The third-order valence-electron chi connectivity index (χ3n) is 8.08. The van der Waals surface area contributed by atoms with Crippen LogP contribution in [0.1, 0.15) is 48.1 Å². The maximum Gasteiger partial charge on any atom is 0.227 e. The minimum Gasteiger partial charge on any atom is -0.389 e. The second-order valence-electron chi connectivity index (χ2n) is 10.9. The van der Waals surface area contributed by atoms with Crippen LogP contribution in [0.2, 0.25) is 0 Å². The standard InChI is InChI=1S/C33H26F2N6O2S2/c1-17-30(18(2)43-39-17)21-10-13-27-25(14-21)37-32(28-4-3-5-29(42)40(28)22-11-12-23(34)24(35)15-22)41(27)33-38-26(16-45-33)19-6-8-20(9-7-19)31(36)44/h6-16,28H,3-5H2,1-2H3,(H2,36,44)/t28-/m0/s1. The van der Waals surface area contributed by atoms with E-state index in [1.807, 2.05) is 66.3 Å². The number of amides is 1. The Bertz CT molecular complexity index is 2100. The van der Waals surface area contributed by atoms with Crippen LogP contribution in [0.15, 0.2) is 70.6 Å². The maximum absolute atomic E-state index is 14.4. The molecule has 12 heteroatoms. The van der Waals surface area contributed by atoms with Gasteiger partial charge in [-0.05, 0) is 56.5 Å². The zero-order chi connectivity index (χ0) is 31.4. The molecule has 1 aliphatic rings. The molecular weight excluding hydrogens is 615 g/mol. The van der Waals surface area contributed by atoms with Crippen LogP contribution in [-0.4, -0.2) is 30.6 Å². The van der Waals surface area contributed by atoms with E-state index in [0.29, 0.717) is 40.1 Å². The number of imidazole rings is 1. The fourth-order valence-electron chi connectivity index (χ4n) is 5.95. The van der Waals surface area contributed by atoms with Gasteiger partial charge in [-0.3, -0.25) is 9.36 Å². The fraction of sp³-hybridized carbons (Fsp3) is 0.182. The molecule has 1 atom stereocenters. The average Bonchev–Trinajstić information content (AvgIpc) is 3.75. The Morgan fingerprint density at radius 2 is 1.80 bits per heavy atom. The van der Waals surface area contributed by atoms with Crippen LogP contribution in [0.4, 0.5) is 14.5 Å². The van der Waals surface area contributed by atoms with E-state index >= 15 is 0 Å². The molecular formula is C33H26F2N6O2S2. The monoisotopic (exact) mass is 640 g/mol. The topological polar surface area (TPSA) is 103 Å². The number of aromatic nitrogens is 4. The van der Waals surface area contributed by atoms with Gasteiger partial charge in [0.2, 0.25) is 5.91 Å². The van der Waals surface area contributed by atoms with Gasteiger partial charge in [0.15, 0.2) is 16.8 Å². The molecule has 3 aromatic heterocycles. The summed E-state index contributed by atoms with van der Waals surface area (Å²) in [6.45, 7) is 3.75. The number of fused-ring (bicyclic) bond motifs is 1. The molecule has 0 unspecified atom stereocenters. The molecule has 45 heavy (non-hydrogen) atoms. The van der Waals surface area contributed by atoms with Gasteiger partial charge >= 0.3 is 0 Å². The Hall–Kier alpha value is -4.81. The van der Waals surface area contributed by atoms with Gasteiger partial charge in [-0.25, -0.2) is 18.7 Å². The van der Waals surface area contributed by atoms with E-state index in [-0.39, 0.29) is 18.0 Å². The van der Waals surface area contributed by atoms with Crippen molar-refractivity contribution in [3.8, 4) is 27.5 Å². The number of anilines is 1. The second kappa shape index (κ2) is 11.3. The van der Waals surface area contributed by atoms with E-state index in [4.69, 9.17) is 32.4 Å². The number of thiazole rings is 1. The minimum atomic E-state index is -1.02. The molecule has 1 aliphatic heterocycles. The number of rotatable bonds is 6. The Labute approximate surface area is 266 Å². The molecule has 1 fully saturated rings. The summed E-state index contributed by atoms with van der Waals surface area (Å²) < 4.78 is 35.7. The van der Waals surface area contributed by atoms with Gasteiger partial charge in [0.1, 0.15) is 16.6 Å². The smallest absolute Gasteiger partial charge is 0.227 e.